The molecule has 1 heterocycles. The number of aromatic nitrogens is 2. The summed E-state index contributed by atoms with van der Waals surface area (Å²) in [4.78, 5) is 42.8. The zero-order valence-electron chi connectivity index (χ0n) is 14.7. The van der Waals surface area contributed by atoms with Gasteiger partial charge in [-0.25, -0.2) is 4.98 Å². The fourth-order valence-corrected chi connectivity index (χ4v) is 3.03. The Hall–Kier alpha value is -2.81. The van der Waals surface area contributed by atoms with Gasteiger partial charge in [-0.2, -0.15) is 0 Å². The van der Waals surface area contributed by atoms with Gasteiger partial charge in [0.1, 0.15) is 10.9 Å². The van der Waals surface area contributed by atoms with E-state index < -0.39 is 22.7 Å². The molecule has 0 aliphatic heterocycles. The Morgan fingerprint density at radius 3 is 2.54 bits per heavy atom. The molecule has 0 aliphatic carbocycles. The fourth-order valence-electron chi connectivity index (χ4n) is 2.10. The molecule has 0 aliphatic rings. The summed E-state index contributed by atoms with van der Waals surface area (Å²) in [6, 6.07) is 6.88. The third kappa shape index (κ3) is 4.63. The monoisotopic (exact) mass is 376 g/mol. The van der Waals surface area contributed by atoms with Crippen LogP contribution >= 0.6 is 11.8 Å². The number of thioether (sulfide) groups is 1. The summed E-state index contributed by atoms with van der Waals surface area (Å²) >= 11 is 1.04. The number of benzene rings is 1. The number of hydrogen-bond acceptors (Lipinski definition) is 7. The number of aryl methyl sites for hydroxylation is 1. The number of carbonyl (C=O) groups excluding carboxylic acids is 2. The van der Waals surface area contributed by atoms with Gasteiger partial charge in [-0.05, 0) is 25.5 Å². The van der Waals surface area contributed by atoms with Crippen LogP contribution in [0, 0.1) is 6.92 Å². The lowest BCUT2D eigenvalue weighted by atomic mass is 10.1. The van der Waals surface area contributed by atoms with Crippen molar-refractivity contribution in [3.8, 4) is 0 Å². The van der Waals surface area contributed by atoms with Crippen LogP contribution in [-0.4, -0.2) is 34.2 Å². The summed E-state index contributed by atoms with van der Waals surface area (Å²) in [6.07, 6.45) is 0.493. The SMILES string of the molecule is CC[C@@H](Sc1nc(N)c(NC(=O)c2ccc(C)cc2)c(=O)[nH]1)C(=O)OC. The Labute approximate surface area is 154 Å². The number of esters is 1. The molecule has 4 N–H and O–H groups in total. The third-order valence-electron chi connectivity index (χ3n) is 3.57. The molecule has 0 saturated heterocycles. The van der Waals surface area contributed by atoms with E-state index in [0.717, 1.165) is 17.3 Å². The van der Waals surface area contributed by atoms with Gasteiger partial charge in [-0.3, -0.25) is 19.4 Å². The van der Waals surface area contributed by atoms with Gasteiger partial charge in [0.2, 0.25) is 0 Å². The molecular formula is C17H20N4O4S. The van der Waals surface area contributed by atoms with Crippen LogP contribution in [0.2, 0.25) is 0 Å². The van der Waals surface area contributed by atoms with E-state index in [4.69, 9.17) is 10.5 Å². The van der Waals surface area contributed by atoms with Gasteiger partial charge in [0, 0.05) is 5.56 Å². The minimum absolute atomic E-state index is 0.128. The van der Waals surface area contributed by atoms with Gasteiger partial charge >= 0.3 is 5.97 Å². The highest BCUT2D eigenvalue weighted by Gasteiger charge is 2.21. The maximum Gasteiger partial charge on any atom is 0.319 e. The molecule has 0 radical (unpaired) electrons. The Bertz CT molecular complexity index is 864. The van der Waals surface area contributed by atoms with Crippen molar-refractivity contribution < 1.29 is 14.3 Å². The standard InChI is InChI=1S/C17H20N4O4S/c1-4-11(16(24)25-3)26-17-20-13(18)12(15(23)21-17)19-14(22)10-7-5-9(2)6-8-10/h5-8,11H,4H2,1-3H3,(H,19,22)(H3,18,20,21,23)/t11-/m1/s1. The summed E-state index contributed by atoms with van der Waals surface area (Å²) in [7, 11) is 1.29. The number of rotatable bonds is 6. The van der Waals surface area contributed by atoms with Crippen LogP contribution in [0.1, 0.15) is 29.3 Å². The van der Waals surface area contributed by atoms with Crippen LogP contribution in [-0.2, 0) is 9.53 Å². The fraction of sp³-hybridized carbons (Fsp3) is 0.294. The van der Waals surface area contributed by atoms with E-state index in [1.807, 2.05) is 13.8 Å². The second-order valence-corrected chi connectivity index (χ2v) is 6.68. The molecule has 0 bridgehead atoms. The summed E-state index contributed by atoms with van der Waals surface area (Å²) in [5.41, 5.74) is 6.50. The van der Waals surface area contributed by atoms with Crippen LogP contribution in [0.3, 0.4) is 0 Å². The third-order valence-corrected chi connectivity index (χ3v) is 4.79. The average Bonchev–Trinajstić information content (AvgIpc) is 2.62. The molecule has 8 nitrogen and oxygen atoms in total. The number of nitrogens with one attached hydrogen (secondary N) is 2. The first kappa shape index (κ1) is 19.5. The lowest BCUT2D eigenvalue weighted by Crippen LogP contribution is -2.24. The summed E-state index contributed by atoms with van der Waals surface area (Å²) in [5, 5.41) is 2.13. The van der Waals surface area contributed by atoms with Crippen molar-refractivity contribution in [2.45, 2.75) is 30.7 Å². The lowest BCUT2D eigenvalue weighted by molar-refractivity contribution is -0.140. The highest BCUT2D eigenvalue weighted by atomic mass is 32.2. The van der Waals surface area contributed by atoms with Gasteiger partial charge in [0.15, 0.2) is 11.0 Å². The molecule has 1 amide bonds. The van der Waals surface area contributed by atoms with Crippen molar-refractivity contribution >= 4 is 35.1 Å². The van der Waals surface area contributed by atoms with E-state index in [2.05, 4.69) is 15.3 Å². The van der Waals surface area contributed by atoms with Crippen LogP contribution in [0.25, 0.3) is 0 Å². The second-order valence-electron chi connectivity index (χ2n) is 5.49. The number of H-pyrrole nitrogens is 1. The maximum absolute atomic E-state index is 12.3. The van der Waals surface area contributed by atoms with Crippen molar-refractivity contribution in [3.63, 3.8) is 0 Å². The maximum atomic E-state index is 12.3. The lowest BCUT2D eigenvalue weighted by Gasteiger charge is -2.12. The van der Waals surface area contributed by atoms with Crippen LogP contribution in [0.15, 0.2) is 34.2 Å². The minimum atomic E-state index is -0.597. The van der Waals surface area contributed by atoms with Crippen LogP contribution in [0.4, 0.5) is 11.5 Å². The number of nitrogens with two attached hydrogens (primary N) is 1. The molecule has 9 heteroatoms. The highest BCUT2D eigenvalue weighted by molar-refractivity contribution is 8.00. The number of aromatic amines is 1. The van der Waals surface area contributed by atoms with Gasteiger partial charge < -0.3 is 15.8 Å². The Kier molecular flexibility index (Phi) is 6.40. The van der Waals surface area contributed by atoms with Crippen molar-refractivity contribution in [2.24, 2.45) is 0 Å². The first-order valence-corrected chi connectivity index (χ1v) is 8.76. The van der Waals surface area contributed by atoms with Crippen molar-refractivity contribution in [3.05, 3.63) is 45.7 Å². The highest BCUT2D eigenvalue weighted by Crippen LogP contribution is 2.24. The Morgan fingerprint density at radius 2 is 2.00 bits per heavy atom. The van der Waals surface area contributed by atoms with Gasteiger partial charge in [-0.1, -0.05) is 36.4 Å². The van der Waals surface area contributed by atoms with Gasteiger partial charge in [-0.15, -0.1) is 0 Å². The molecule has 2 aromatic rings. The Morgan fingerprint density at radius 1 is 1.35 bits per heavy atom. The van der Waals surface area contributed by atoms with Crippen LogP contribution in [0.5, 0.6) is 0 Å². The molecule has 0 saturated carbocycles. The molecule has 2 rings (SSSR count). The van der Waals surface area contributed by atoms with Crippen molar-refractivity contribution in [1.29, 1.82) is 0 Å². The predicted octanol–water partition coefficient (Wildman–Crippen LogP) is 1.96. The zero-order chi connectivity index (χ0) is 19.3. The topological polar surface area (TPSA) is 127 Å². The molecule has 1 atom stereocenters. The number of nitrogen functional groups attached to an aromatic ring is 1. The molecular weight excluding hydrogens is 356 g/mol. The minimum Gasteiger partial charge on any atom is -0.468 e. The van der Waals surface area contributed by atoms with E-state index in [9.17, 15) is 14.4 Å². The predicted molar refractivity (Wildman–Crippen MR) is 100 cm³/mol. The Balaban J connectivity index is 2.21. The normalized spacial score (nSPS) is 11.7. The van der Waals surface area contributed by atoms with Gasteiger partial charge in [0.05, 0.1) is 7.11 Å². The van der Waals surface area contributed by atoms with E-state index in [1.165, 1.54) is 7.11 Å². The largest absolute Gasteiger partial charge is 0.468 e. The van der Waals surface area contributed by atoms with E-state index in [-0.39, 0.29) is 16.7 Å². The number of nitrogens with zero attached hydrogens (tertiary/aromatic N) is 1. The molecule has 0 spiro atoms. The number of anilines is 2. The molecule has 0 fully saturated rings. The number of amides is 1. The van der Waals surface area contributed by atoms with Crippen LogP contribution < -0.4 is 16.6 Å². The second kappa shape index (κ2) is 8.52. The molecule has 1 aromatic heterocycles. The summed E-state index contributed by atoms with van der Waals surface area (Å²) in [5.74, 6) is -1.02. The quantitative estimate of drug-likeness (QED) is 0.399. The van der Waals surface area contributed by atoms with Crippen molar-refractivity contribution in [2.75, 3.05) is 18.2 Å². The first-order chi connectivity index (χ1) is 12.3. The van der Waals surface area contributed by atoms with Gasteiger partial charge in [0.25, 0.3) is 11.5 Å². The number of carbonyl (C=O) groups is 2. The molecule has 138 valence electrons. The van der Waals surface area contributed by atoms with E-state index >= 15 is 0 Å². The molecule has 1 aromatic carbocycles. The summed E-state index contributed by atoms with van der Waals surface area (Å²) < 4.78 is 4.70. The van der Waals surface area contributed by atoms with Crippen molar-refractivity contribution in [1.82, 2.24) is 9.97 Å². The summed E-state index contributed by atoms with van der Waals surface area (Å²) in [6.45, 7) is 3.72. The molecule has 0 unspecified atom stereocenters. The molecule has 26 heavy (non-hydrogen) atoms. The van der Waals surface area contributed by atoms with E-state index in [0.29, 0.717) is 12.0 Å². The number of ether oxygens (including phenoxy) is 1. The number of hydrogen-bond donors (Lipinski definition) is 3. The van der Waals surface area contributed by atoms with E-state index in [1.54, 1.807) is 24.3 Å². The first-order valence-electron chi connectivity index (χ1n) is 7.88. The number of methoxy groups -OCH3 is 1. The zero-order valence-corrected chi connectivity index (χ0v) is 15.5. The smallest absolute Gasteiger partial charge is 0.319 e. The average molecular weight is 376 g/mol.